The number of hydrogen-bond acceptors (Lipinski definition) is 5. The summed E-state index contributed by atoms with van der Waals surface area (Å²) in [6.07, 6.45) is 0.383. The van der Waals surface area contributed by atoms with E-state index >= 15 is 0 Å². The molecule has 7 nitrogen and oxygen atoms in total. The zero-order valence-corrected chi connectivity index (χ0v) is 27.0. The molecule has 46 heavy (non-hydrogen) atoms. The van der Waals surface area contributed by atoms with Gasteiger partial charge in [-0.05, 0) is 59.5 Å². The van der Waals surface area contributed by atoms with Crippen LogP contribution in [-0.4, -0.2) is 44.0 Å². The molecule has 0 spiro atoms. The molecular weight excluding hydrogens is 595 g/mol. The largest absolute Gasteiger partial charge is 0.492 e. The van der Waals surface area contributed by atoms with E-state index in [2.05, 4.69) is 71.4 Å². The highest BCUT2D eigenvalue weighted by Gasteiger charge is 2.19. The number of fused-ring (bicyclic) bond motifs is 3. The second-order valence-corrected chi connectivity index (χ2v) is 13.6. The fourth-order valence-electron chi connectivity index (χ4n) is 5.85. The normalized spacial score (nSPS) is 12.4. The molecule has 2 N–H and O–H groups in total. The molecule has 1 heterocycles. The van der Waals surface area contributed by atoms with E-state index in [0.29, 0.717) is 30.9 Å². The maximum atomic E-state index is 12.6. The molecule has 0 amide bonds. The first-order valence-electron chi connectivity index (χ1n) is 15.5. The molecule has 6 aromatic rings. The van der Waals surface area contributed by atoms with Gasteiger partial charge in [-0.2, -0.15) is 0 Å². The molecule has 0 radical (unpaired) electrons. The Hall–Kier alpha value is -4.63. The van der Waals surface area contributed by atoms with Crippen molar-refractivity contribution in [3.8, 4) is 5.75 Å². The molecule has 236 valence electrons. The summed E-state index contributed by atoms with van der Waals surface area (Å²) < 4.78 is 35.1. The Morgan fingerprint density at radius 2 is 1.48 bits per heavy atom. The minimum absolute atomic E-state index is 0.216. The summed E-state index contributed by atoms with van der Waals surface area (Å²) in [6, 6.07) is 39.8. The minimum Gasteiger partial charge on any atom is -0.492 e. The lowest BCUT2D eigenvalue weighted by molar-refractivity contribution is 0.172. The van der Waals surface area contributed by atoms with Crippen molar-refractivity contribution in [1.29, 1.82) is 0 Å². The van der Waals surface area contributed by atoms with Gasteiger partial charge in [0.2, 0.25) is 10.0 Å². The number of ether oxygens (including phenoxy) is 1. The van der Waals surface area contributed by atoms with Gasteiger partial charge in [-0.15, -0.1) is 0 Å². The van der Waals surface area contributed by atoms with Crippen molar-refractivity contribution in [1.82, 2.24) is 9.88 Å². The predicted molar refractivity (Wildman–Crippen MR) is 187 cm³/mol. The lowest BCUT2D eigenvalue weighted by Crippen LogP contribution is -2.29. The quantitative estimate of drug-likeness (QED) is 0.136. The van der Waals surface area contributed by atoms with Gasteiger partial charge < -0.3 is 19.7 Å². The van der Waals surface area contributed by atoms with Crippen molar-refractivity contribution >= 4 is 37.5 Å². The number of sulfonamides is 1. The molecule has 5 aromatic carbocycles. The van der Waals surface area contributed by atoms with Crippen LogP contribution in [-0.2, 0) is 23.1 Å². The van der Waals surface area contributed by atoms with Crippen LogP contribution < -0.4 is 14.4 Å². The van der Waals surface area contributed by atoms with E-state index in [9.17, 15) is 13.5 Å². The molecule has 0 unspecified atom stereocenters. The summed E-state index contributed by atoms with van der Waals surface area (Å²) in [6.45, 7) is 4.36. The summed E-state index contributed by atoms with van der Waals surface area (Å²) in [4.78, 5) is 0. The van der Waals surface area contributed by atoms with Gasteiger partial charge in [0.25, 0.3) is 0 Å². The molecule has 0 aliphatic carbocycles. The molecule has 0 fully saturated rings. The maximum Gasteiger partial charge on any atom is 0.232 e. The number of aromatic nitrogens is 1. The highest BCUT2D eigenvalue weighted by atomic mass is 32.2. The number of nitrogens with one attached hydrogen (secondary N) is 1. The lowest BCUT2D eigenvalue weighted by Gasteiger charge is -2.24. The van der Waals surface area contributed by atoms with E-state index in [-0.39, 0.29) is 6.54 Å². The van der Waals surface area contributed by atoms with Gasteiger partial charge in [0, 0.05) is 42.0 Å². The second-order valence-electron chi connectivity index (χ2n) is 11.7. The monoisotopic (exact) mass is 633 g/mol. The molecule has 0 bridgehead atoms. The zero-order valence-electron chi connectivity index (χ0n) is 26.1. The first kappa shape index (κ1) is 31.4. The fraction of sp³-hybridized carbons (Fsp3) is 0.211. The van der Waals surface area contributed by atoms with Gasteiger partial charge in [0.1, 0.15) is 12.4 Å². The first-order valence-corrected chi connectivity index (χ1v) is 17.3. The zero-order chi connectivity index (χ0) is 32.1. The molecule has 6 rings (SSSR count). The average Bonchev–Trinajstić information content (AvgIpc) is 3.35. The van der Waals surface area contributed by atoms with Gasteiger partial charge >= 0.3 is 0 Å². The van der Waals surface area contributed by atoms with Crippen LogP contribution in [0.15, 0.2) is 121 Å². The molecule has 0 aliphatic heterocycles. The number of rotatable bonds is 13. The van der Waals surface area contributed by atoms with E-state index in [4.69, 9.17) is 4.74 Å². The van der Waals surface area contributed by atoms with Crippen molar-refractivity contribution in [2.75, 3.05) is 30.3 Å². The molecule has 8 heteroatoms. The number of nitrogens with zero attached hydrogens (tertiary/aromatic N) is 2. The van der Waals surface area contributed by atoms with Crippen LogP contribution in [0, 0.1) is 6.92 Å². The Labute approximate surface area is 270 Å². The maximum absolute atomic E-state index is 12.6. The Kier molecular flexibility index (Phi) is 9.40. The van der Waals surface area contributed by atoms with Crippen LogP contribution >= 0.6 is 0 Å². The van der Waals surface area contributed by atoms with Gasteiger partial charge in [0.05, 0.1) is 30.1 Å². The minimum atomic E-state index is -3.53. The smallest absolute Gasteiger partial charge is 0.232 e. The Morgan fingerprint density at radius 1 is 0.804 bits per heavy atom. The second kappa shape index (κ2) is 13.8. The highest BCUT2D eigenvalue weighted by molar-refractivity contribution is 7.92. The van der Waals surface area contributed by atoms with Gasteiger partial charge in [-0.25, -0.2) is 8.42 Å². The van der Waals surface area contributed by atoms with E-state index in [1.807, 2.05) is 42.5 Å². The molecule has 1 aromatic heterocycles. The molecular formula is C38H39N3O4S. The number of aliphatic hydroxyl groups is 1. The average molecular weight is 634 g/mol. The third-order valence-corrected chi connectivity index (χ3v) is 9.32. The molecule has 0 aliphatic rings. The Balaban J connectivity index is 1.09. The summed E-state index contributed by atoms with van der Waals surface area (Å²) >= 11 is 0. The van der Waals surface area contributed by atoms with Crippen LogP contribution in [0.25, 0.3) is 21.8 Å². The highest BCUT2D eigenvalue weighted by Crippen LogP contribution is 2.33. The van der Waals surface area contributed by atoms with Gasteiger partial charge in [0.15, 0.2) is 0 Å². The third kappa shape index (κ3) is 7.26. The van der Waals surface area contributed by atoms with Gasteiger partial charge in [-0.3, -0.25) is 4.31 Å². The van der Waals surface area contributed by atoms with Crippen LogP contribution in [0.5, 0.6) is 5.75 Å². The van der Waals surface area contributed by atoms with Crippen molar-refractivity contribution < 1.29 is 18.3 Å². The summed E-state index contributed by atoms with van der Waals surface area (Å²) in [5.41, 5.74) is 6.83. The Bertz CT molecular complexity index is 2040. The summed E-state index contributed by atoms with van der Waals surface area (Å²) in [5, 5.41) is 16.6. The lowest BCUT2D eigenvalue weighted by atomic mass is 10.1. The number of anilines is 1. The third-order valence-electron chi connectivity index (χ3n) is 8.18. The van der Waals surface area contributed by atoms with Crippen molar-refractivity contribution in [2.24, 2.45) is 0 Å². The number of benzene rings is 5. The topological polar surface area (TPSA) is 83.8 Å². The van der Waals surface area contributed by atoms with Crippen LogP contribution in [0.1, 0.15) is 28.4 Å². The molecule has 0 saturated heterocycles. The van der Waals surface area contributed by atoms with Crippen LogP contribution in [0.3, 0.4) is 0 Å². The predicted octanol–water partition coefficient (Wildman–Crippen LogP) is 6.82. The number of hydrogen-bond donors (Lipinski definition) is 2. The molecule has 0 saturated carbocycles. The molecule has 1 atom stereocenters. The summed E-state index contributed by atoms with van der Waals surface area (Å²) in [5.74, 6) is 0.788. The van der Waals surface area contributed by atoms with E-state index < -0.39 is 16.1 Å². The first-order chi connectivity index (χ1) is 22.3. The number of aliphatic hydroxyl groups excluding tert-OH is 1. The van der Waals surface area contributed by atoms with Gasteiger partial charge in [-0.1, -0.05) is 84.9 Å². The van der Waals surface area contributed by atoms with Crippen molar-refractivity contribution in [3.05, 3.63) is 144 Å². The Morgan fingerprint density at radius 3 is 2.20 bits per heavy atom. The van der Waals surface area contributed by atoms with Crippen molar-refractivity contribution in [2.45, 2.75) is 26.1 Å². The standard InChI is InChI=1S/C38H39N3O4S/c1-28-16-18-34-35-19-17-33(24-37(35)40(36(34)22-28)26-29-10-5-3-6-11-29)45-21-20-39-25-38(42)31-14-9-15-32(23-31)41(46(2,43)44)27-30-12-7-4-8-13-30/h3-19,22-24,38-39,42H,20-21,25-27H2,1-2H3/t38-/m0/s1. The van der Waals surface area contributed by atoms with Crippen LogP contribution in [0.2, 0.25) is 0 Å². The SMILES string of the molecule is Cc1ccc2c3ccc(OCCNC[C@H](O)c4cccc(N(Cc5ccccc5)S(C)(=O)=O)c4)cc3n(Cc3ccccc3)c2c1. The fourth-order valence-corrected chi connectivity index (χ4v) is 6.73. The number of aryl methyl sites for hydroxylation is 1. The van der Waals surface area contributed by atoms with Crippen molar-refractivity contribution in [3.63, 3.8) is 0 Å². The van der Waals surface area contributed by atoms with E-state index in [1.165, 1.54) is 38.0 Å². The summed E-state index contributed by atoms with van der Waals surface area (Å²) in [7, 11) is -3.53. The van der Waals surface area contributed by atoms with E-state index in [0.717, 1.165) is 23.4 Å². The van der Waals surface area contributed by atoms with Crippen LogP contribution in [0.4, 0.5) is 5.69 Å². The van der Waals surface area contributed by atoms with E-state index in [1.54, 1.807) is 24.3 Å².